The van der Waals surface area contributed by atoms with Gasteiger partial charge in [-0.15, -0.1) is 0 Å². The number of pyridine rings is 1. The van der Waals surface area contributed by atoms with Crippen LogP contribution < -0.4 is 0 Å². The summed E-state index contributed by atoms with van der Waals surface area (Å²) in [7, 11) is -3.25. The molecule has 1 unspecified atom stereocenters. The Balaban J connectivity index is 2.13. The van der Waals surface area contributed by atoms with Crippen molar-refractivity contribution >= 4 is 26.8 Å². The average molecular weight is 372 g/mol. The Morgan fingerprint density at radius 3 is 2.46 bits per heavy atom. The first-order valence-corrected chi connectivity index (χ1v) is 10.1. The molecule has 3 aromatic rings. The van der Waals surface area contributed by atoms with Crippen LogP contribution in [0.25, 0.3) is 11.0 Å². The molecule has 0 amide bonds. The molecule has 0 saturated carbocycles. The van der Waals surface area contributed by atoms with Crippen molar-refractivity contribution in [1.29, 1.82) is 0 Å². The van der Waals surface area contributed by atoms with Gasteiger partial charge in [-0.1, -0.05) is 12.1 Å². The molecule has 1 N–H and O–H groups in total. The van der Waals surface area contributed by atoms with Crippen molar-refractivity contribution < 1.29 is 18.3 Å². The fraction of sp³-hybridized carbons (Fsp3) is 0.263. The van der Waals surface area contributed by atoms with Gasteiger partial charge in [-0.25, -0.2) is 13.4 Å². The molecule has 1 atom stereocenters. The minimum atomic E-state index is -3.25. The number of fused-ring (bicyclic) bond motifs is 1. The summed E-state index contributed by atoms with van der Waals surface area (Å²) in [6.07, 6.45) is 2.79. The van der Waals surface area contributed by atoms with E-state index in [4.69, 9.17) is 0 Å². The second-order valence-electron chi connectivity index (χ2n) is 6.40. The Kier molecular flexibility index (Phi) is 4.58. The van der Waals surface area contributed by atoms with Crippen molar-refractivity contribution in [3.8, 4) is 0 Å². The highest BCUT2D eigenvalue weighted by atomic mass is 32.2. The lowest BCUT2D eigenvalue weighted by atomic mass is 10.1. The number of carboxylic acids is 1. The van der Waals surface area contributed by atoms with E-state index in [1.165, 1.54) is 6.26 Å². The maximum Gasteiger partial charge on any atom is 0.307 e. The zero-order valence-electron chi connectivity index (χ0n) is 14.8. The zero-order chi connectivity index (χ0) is 19.1. The van der Waals surface area contributed by atoms with Gasteiger partial charge in [0.15, 0.2) is 9.84 Å². The van der Waals surface area contributed by atoms with Crippen LogP contribution in [-0.4, -0.2) is 35.3 Å². The van der Waals surface area contributed by atoms with E-state index in [1.807, 2.05) is 24.5 Å². The fourth-order valence-electron chi connectivity index (χ4n) is 3.31. The predicted octanol–water partition coefficient (Wildman–Crippen LogP) is 2.98. The first-order valence-electron chi connectivity index (χ1n) is 8.16. The molecule has 7 heteroatoms. The Bertz CT molecular complexity index is 1080. The van der Waals surface area contributed by atoms with Gasteiger partial charge < -0.3 is 9.67 Å². The molecule has 6 nitrogen and oxygen atoms in total. The summed E-state index contributed by atoms with van der Waals surface area (Å²) in [4.78, 5) is 16.0. The van der Waals surface area contributed by atoms with Crippen LogP contribution in [0.1, 0.15) is 29.8 Å². The molecule has 0 fully saturated rings. The van der Waals surface area contributed by atoms with Crippen molar-refractivity contribution in [2.45, 2.75) is 31.2 Å². The number of aliphatic carboxylic acids is 1. The van der Waals surface area contributed by atoms with Gasteiger partial charge in [0.2, 0.25) is 0 Å². The lowest BCUT2D eigenvalue weighted by Gasteiger charge is -2.18. The summed E-state index contributed by atoms with van der Waals surface area (Å²) in [6.45, 7) is 3.88. The number of hydrogen-bond donors (Lipinski definition) is 1. The standard InChI is InChI=1S/C19H20N2O4S/c1-12(14-6-8-15(9-7-14)26(3,24)25)21-13(2)17(11-18(22)23)16-5-4-10-20-19(16)21/h4-10,12H,11H2,1-3H3,(H,22,23). The van der Waals surface area contributed by atoms with Crippen molar-refractivity contribution in [2.75, 3.05) is 6.26 Å². The van der Waals surface area contributed by atoms with Crippen LogP contribution in [0.5, 0.6) is 0 Å². The van der Waals surface area contributed by atoms with Crippen LogP contribution in [0.3, 0.4) is 0 Å². The number of hydrogen-bond acceptors (Lipinski definition) is 4. The minimum absolute atomic E-state index is 0.0687. The van der Waals surface area contributed by atoms with Crippen molar-refractivity contribution in [3.63, 3.8) is 0 Å². The smallest absolute Gasteiger partial charge is 0.307 e. The number of carboxylic acid groups (broad SMARTS) is 1. The van der Waals surface area contributed by atoms with Gasteiger partial charge in [0.25, 0.3) is 0 Å². The second kappa shape index (κ2) is 6.57. The Morgan fingerprint density at radius 2 is 1.88 bits per heavy atom. The van der Waals surface area contributed by atoms with Crippen LogP contribution >= 0.6 is 0 Å². The Labute approximate surface area is 152 Å². The van der Waals surface area contributed by atoms with Gasteiger partial charge in [0.1, 0.15) is 5.65 Å². The van der Waals surface area contributed by atoms with E-state index in [0.717, 1.165) is 27.9 Å². The van der Waals surface area contributed by atoms with Crippen LogP contribution in [0.4, 0.5) is 0 Å². The molecule has 0 aliphatic rings. The maximum absolute atomic E-state index is 11.6. The average Bonchev–Trinajstić information content (AvgIpc) is 2.85. The maximum atomic E-state index is 11.6. The molecule has 0 saturated heterocycles. The van der Waals surface area contributed by atoms with E-state index < -0.39 is 15.8 Å². The molecule has 2 aromatic heterocycles. The van der Waals surface area contributed by atoms with E-state index in [2.05, 4.69) is 4.98 Å². The lowest BCUT2D eigenvalue weighted by molar-refractivity contribution is -0.136. The first-order chi connectivity index (χ1) is 12.2. The molecular formula is C19H20N2O4S. The monoisotopic (exact) mass is 372 g/mol. The van der Waals surface area contributed by atoms with Crippen LogP contribution in [-0.2, 0) is 21.1 Å². The highest BCUT2D eigenvalue weighted by Gasteiger charge is 2.21. The largest absolute Gasteiger partial charge is 0.481 e. The number of sulfone groups is 1. The van der Waals surface area contributed by atoms with E-state index in [0.29, 0.717) is 0 Å². The second-order valence-corrected chi connectivity index (χ2v) is 8.41. The topological polar surface area (TPSA) is 89.3 Å². The quantitative estimate of drug-likeness (QED) is 0.744. The summed E-state index contributed by atoms with van der Waals surface area (Å²) in [5.74, 6) is -0.888. The highest BCUT2D eigenvalue weighted by Crippen LogP contribution is 2.31. The number of nitrogens with zero attached hydrogens (tertiary/aromatic N) is 2. The van der Waals surface area contributed by atoms with Gasteiger partial charge >= 0.3 is 5.97 Å². The Hall–Kier alpha value is -2.67. The number of rotatable bonds is 5. The summed E-state index contributed by atoms with van der Waals surface area (Å²) in [6, 6.07) is 10.3. The summed E-state index contributed by atoms with van der Waals surface area (Å²) in [5, 5.41) is 10.1. The van der Waals surface area contributed by atoms with Gasteiger partial charge in [0, 0.05) is 23.5 Å². The SMILES string of the molecule is Cc1c(CC(=O)O)c2cccnc2n1C(C)c1ccc(S(C)(=O)=O)cc1. The summed E-state index contributed by atoms with van der Waals surface area (Å²) < 4.78 is 25.3. The molecule has 3 rings (SSSR count). The number of carbonyl (C=O) groups is 1. The minimum Gasteiger partial charge on any atom is -0.481 e. The van der Waals surface area contributed by atoms with Crippen LogP contribution in [0, 0.1) is 6.92 Å². The molecule has 0 aliphatic heterocycles. The summed E-state index contributed by atoms with van der Waals surface area (Å²) >= 11 is 0. The Morgan fingerprint density at radius 1 is 1.23 bits per heavy atom. The van der Waals surface area contributed by atoms with Crippen molar-refractivity contribution in [1.82, 2.24) is 9.55 Å². The van der Waals surface area contributed by atoms with Gasteiger partial charge in [-0.2, -0.15) is 0 Å². The molecule has 2 heterocycles. The van der Waals surface area contributed by atoms with Crippen molar-refractivity contribution in [2.24, 2.45) is 0 Å². The van der Waals surface area contributed by atoms with E-state index in [1.54, 1.807) is 36.5 Å². The predicted molar refractivity (Wildman–Crippen MR) is 99.2 cm³/mol. The van der Waals surface area contributed by atoms with Gasteiger partial charge in [0.05, 0.1) is 17.4 Å². The molecule has 136 valence electrons. The number of aromatic nitrogens is 2. The molecule has 26 heavy (non-hydrogen) atoms. The first kappa shape index (κ1) is 18.1. The van der Waals surface area contributed by atoms with Gasteiger partial charge in [-0.3, -0.25) is 4.79 Å². The fourth-order valence-corrected chi connectivity index (χ4v) is 3.94. The molecule has 0 bridgehead atoms. The van der Waals surface area contributed by atoms with Crippen molar-refractivity contribution in [3.05, 3.63) is 59.4 Å². The van der Waals surface area contributed by atoms with E-state index in [9.17, 15) is 18.3 Å². The normalized spacial score (nSPS) is 13.0. The third-order valence-corrected chi connectivity index (χ3v) is 5.77. The van der Waals surface area contributed by atoms with Gasteiger partial charge in [-0.05, 0) is 49.2 Å². The summed E-state index contributed by atoms with van der Waals surface area (Å²) in [5.41, 5.74) is 3.24. The molecule has 0 radical (unpaired) electrons. The third-order valence-electron chi connectivity index (χ3n) is 4.64. The van der Waals surface area contributed by atoms with E-state index >= 15 is 0 Å². The molecule has 0 spiro atoms. The van der Waals surface area contributed by atoms with E-state index in [-0.39, 0.29) is 17.4 Å². The zero-order valence-corrected chi connectivity index (χ0v) is 15.6. The molecular weight excluding hydrogens is 352 g/mol. The third kappa shape index (κ3) is 3.22. The molecule has 0 aliphatic carbocycles. The lowest BCUT2D eigenvalue weighted by Crippen LogP contribution is -2.10. The van der Waals surface area contributed by atoms with Crippen LogP contribution in [0.15, 0.2) is 47.5 Å². The molecule has 1 aromatic carbocycles. The highest BCUT2D eigenvalue weighted by molar-refractivity contribution is 7.90. The number of benzene rings is 1. The van der Waals surface area contributed by atoms with Crippen LogP contribution in [0.2, 0.25) is 0 Å².